The van der Waals surface area contributed by atoms with Crippen LogP contribution in [0.15, 0.2) is 16.0 Å². The van der Waals surface area contributed by atoms with E-state index in [0.717, 1.165) is 29.2 Å². The number of alkyl halides is 3. The highest BCUT2D eigenvalue weighted by atomic mass is 32.2. The maximum Gasteiger partial charge on any atom is 0.406 e. The average molecular weight is 418 g/mol. The summed E-state index contributed by atoms with van der Waals surface area (Å²) in [4.78, 5) is 24.5. The number of H-pyrrole nitrogens is 1. The molecule has 0 saturated carbocycles. The highest BCUT2D eigenvalue weighted by molar-refractivity contribution is 7.99. The Bertz CT molecular complexity index is 910. The average Bonchev–Trinajstić information content (AvgIpc) is 3.31. The predicted molar refractivity (Wildman–Crippen MR) is 96.8 cm³/mol. The summed E-state index contributed by atoms with van der Waals surface area (Å²) in [5.41, 5.74) is 0.518. The second-order valence-corrected chi connectivity index (χ2v) is 7.70. The van der Waals surface area contributed by atoms with Crippen LogP contribution in [0.4, 0.5) is 13.2 Å². The van der Waals surface area contributed by atoms with Crippen LogP contribution in [0.25, 0.3) is 0 Å². The number of aromatic amines is 1. The number of Topliss-reactive ketones (excluding diaryl/α,β-unsaturated/α-hetero) is 1. The number of carbonyl (C=O) groups excluding carboxylic acids is 1. The Balaban J connectivity index is 1.70. The van der Waals surface area contributed by atoms with Crippen LogP contribution in [0.2, 0.25) is 0 Å². The monoisotopic (exact) mass is 418 g/mol. The fourth-order valence-corrected chi connectivity index (χ4v) is 4.12. The molecule has 1 aliphatic rings. The van der Waals surface area contributed by atoms with Crippen molar-refractivity contribution in [3.05, 3.63) is 33.5 Å². The number of aromatic nitrogens is 4. The number of rotatable bonds is 7. The van der Waals surface area contributed by atoms with Crippen LogP contribution in [-0.2, 0) is 17.8 Å². The molecule has 0 bridgehead atoms. The molecule has 1 N–H and O–H groups in total. The van der Waals surface area contributed by atoms with Gasteiger partial charge in [0.1, 0.15) is 6.54 Å². The second kappa shape index (κ2) is 8.16. The number of nitrogens with one attached hydrogen (secondary N) is 1. The van der Waals surface area contributed by atoms with Gasteiger partial charge in [-0.15, -0.1) is 5.10 Å². The number of nitrogens with zero attached hydrogens (tertiary/aromatic N) is 3. The third-order valence-corrected chi connectivity index (χ3v) is 5.65. The number of ether oxygens (including phenoxy) is 1. The second-order valence-electron chi connectivity index (χ2n) is 6.75. The first-order valence-electron chi connectivity index (χ1n) is 8.82. The maximum absolute atomic E-state index is 12.7. The summed E-state index contributed by atoms with van der Waals surface area (Å²) >= 11 is 1.08. The topological polar surface area (TPSA) is 81.9 Å². The molecule has 2 aromatic rings. The van der Waals surface area contributed by atoms with Gasteiger partial charge in [-0.05, 0) is 32.8 Å². The Morgan fingerprint density at radius 2 is 2.14 bits per heavy atom. The van der Waals surface area contributed by atoms with Gasteiger partial charge < -0.3 is 9.30 Å². The van der Waals surface area contributed by atoms with Gasteiger partial charge in [0.05, 0.1) is 18.4 Å². The highest BCUT2D eigenvalue weighted by Gasteiger charge is 2.30. The van der Waals surface area contributed by atoms with E-state index in [1.165, 1.54) is 24.5 Å². The maximum atomic E-state index is 12.7. The number of hydrogen-bond donors (Lipinski definition) is 1. The first kappa shape index (κ1) is 20.7. The van der Waals surface area contributed by atoms with Crippen molar-refractivity contribution in [3.8, 4) is 0 Å². The molecule has 0 aliphatic carbocycles. The summed E-state index contributed by atoms with van der Waals surface area (Å²) in [6.07, 6.45) is -2.64. The number of hydrogen-bond acceptors (Lipinski definition) is 5. The van der Waals surface area contributed by atoms with E-state index in [2.05, 4.69) is 10.2 Å². The molecule has 154 valence electrons. The number of thioether (sulfide) groups is 1. The van der Waals surface area contributed by atoms with E-state index in [9.17, 15) is 22.8 Å². The Morgan fingerprint density at radius 3 is 2.79 bits per heavy atom. The molecule has 11 heteroatoms. The van der Waals surface area contributed by atoms with Crippen LogP contribution in [-0.4, -0.2) is 49.8 Å². The molecule has 0 radical (unpaired) electrons. The van der Waals surface area contributed by atoms with E-state index in [4.69, 9.17) is 4.74 Å². The van der Waals surface area contributed by atoms with Crippen LogP contribution in [0.5, 0.6) is 0 Å². The molecule has 0 unspecified atom stereocenters. The fraction of sp³-hybridized carbons (Fsp3) is 0.588. The van der Waals surface area contributed by atoms with E-state index in [-0.39, 0.29) is 34.6 Å². The summed E-state index contributed by atoms with van der Waals surface area (Å²) in [6, 6.07) is 1.47. The van der Waals surface area contributed by atoms with Gasteiger partial charge in [0.15, 0.2) is 10.9 Å². The van der Waals surface area contributed by atoms with Gasteiger partial charge in [-0.1, -0.05) is 11.8 Å². The van der Waals surface area contributed by atoms with Gasteiger partial charge in [-0.2, -0.15) is 13.2 Å². The van der Waals surface area contributed by atoms with E-state index in [0.29, 0.717) is 24.0 Å². The normalized spacial score (nSPS) is 17.4. The first-order chi connectivity index (χ1) is 13.2. The van der Waals surface area contributed by atoms with Gasteiger partial charge >= 0.3 is 11.9 Å². The molecule has 3 rings (SSSR count). The Morgan fingerprint density at radius 1 is 1.39 bits per heavy atom. The number of carbonyl (C=O) groups is 1. The Kier molecular flexibility index (Phi) is 6.04. The molecule has 0 spiro atoms. The van der Waals surface area contributed by atoms with Gasteiger partial charge in [-0.3, -0.25) is 9.36 Å². The minimum atomic E-state index is -4.36. The zero-order valence-electron chi connectivity index (χ0n) is 15.5. The number of halogens is 3. The van der Waals surface area contributed by atoms with E-state index < -0.39 is 12.7 Å². The molecule has 28 heavy (non-hydrogen) atoms. The lowest BCUT2D eigenvalue weighted by molar-refractivity contribution is -0.141. The first-order valence-corrected chi connectivity index (χ1v) is 9.80. The van der Waals surface area contributed by atoms with Crippen molar-refractivity contribution in [2.75, 3.05) is 12.4 Å². The quantitative estimate of drug-likeness (QED) is 0.552. The molecular weight excluding hydrogens is 397 g/mol. The standard InChI is InChI=1S/C17H21F3N4O3S/c1-10-6-13(11(2)24(10)9-17(18,19)20)14(25)8-28-16-22-21-15(26)23(16)7-12-4-3-5-27-12/h6,12H,3-5,7-9H2,1-2H3,(H,21,26)/t12-/m1/s1. The van der Waals surface area contributed by atoms with Crippen molar-refractivity contribution >= 4 is 17.5 Å². The smallest absolute Gasteiger partial charge is 0.376 e. The molecule has 0 amide bonds. The molecule has 2 aromatic heterocycles. The lowest BCUT2D eigenvalue weighted by atomic mass is 10.2. The molecule has 1 atom stereocenters. The molecule has 1 aliphatic heterocycles. The third-order valence-electron chi connectivity index (χ3n) is 4.68. The highest BCUT2D eigenvalue weighted by Crippen LogP contribution is 2.25. The number of aryl methyl sites for hydroxylation is 1. The van der Waals surface area contributed by atoms with Gasteiger partial charge in [-0.25, -0.2) is 9.89 Å². The summed E-state index contributed by atoms with van der Waals surface area (Å²) in [5.74, 6) is -0.350. The third kappa shape index (κ3) is 4.69. The van der Waals surface area contributed by atoms with Crippen molar-refractivity contribution in [2.45, 2.75) is 57.2 Å². The summed E-state index contributed by atoms with van der Waals surface area (Å²) in [5, 5.41) is 6.67. The van der Waals surface area contributed by atoms with E-state index >= 15 is 0 Å². The van der Waals surface area contributed by atoms with Gasteiger partial charge in [0, 0.05) is 23.6 Å². The van der Waals surface area contributed by atoms with Crippen molar-refractivity contribution in [2.24, 2.45) is 0 Å². The zero-order chi connectivity index (χ0) is 20.5. The predicted octanol–water partition coefficient (Wildman–Crippen LogP) is 2.71. The molecular formula is C17H21F3N4O3S. The lowest BCUT2D eigenvalue weighted by Gasteiger charge is -2.12. The van der Waals surface area contributed by atoms with Crippen molar-refractivity contribution in [1.29, 1.82) is 0 Å². The largest absolute Gasteiger partial charge is 0.406 e. The van der Waals surface area contributed by atoms with Crippen LogP contribution in [0, 0.1) is 13.8 Å². The minimum Gasteiger partial charge on any atom is -0.376 e. The van der Waals surface area contributed by atoms with Crippen LogP contribution in [0.3, 0.4) is 0 Å². The van der Waals surface area contributed by atoms with Gasteiger partial charge in [0.2, 0.25) is 0 Å². The Labute approximate surface area is 163 Å². The summed E-state index contributed by atoms with van der Waals surface area (Å²) in [7, 11) is 0. The fourth-order valence-electron chi connectivity index (χ4n) is 3.28. The number of ketones is 1. The molecule has 3 heterocycles. The minimum absolute atomic E-state index is 0.0356. The van der Waals surface area contributed by atoms with E-state index in [1.807, 2.05) is 0 Å². The van der Waals surface area contributed by atoms with Crippen LogP contribution < -0.4 is 5.69 Å². The van der Waals surface area contributed by atoms with Crippen molar-refractivity contribution in [1.82, 2.24) is 19.3 Å². The SMILES string of the molecule is Cc1cc(C(=O)CSc2n[nH]c(=O)n2C[C@H]2CCCO2)c(C)n1CC(F)(F)F. The van der Waals surface area contributed by atoms with Crippen molar-refractivity contribution < 1.29 is 22.7 Å². The van der Waals surface area contributed by atoms with Crippen LogP contribution >= 0.6 is 11.8 Å². The summed E-state index contributed by atoms with van der Waals surface area (Å²) < 4.78 is 46.2. The molecule has 0 aromatic carbocycles. The molecule has 7 nitrogen and oxygen atoms in total. The Hall–Kier alpha value is -2.01. The lowest BCUT2D eigenvalue weighted by Crippen LogP contribution is -2.25. The van der Waals surface area contributed by atoms with Crippen LogP contribution in [0.1, 0.15) is 34.6 Å². The molecule has 1 fully saturated rings. The van der Waals surface area contributed by atoms with Crippen molar-refractivity contribution in [3.63, 3.8) is 0 Å². The summed E-state index contributed by atoms with van der Waals surface area (Å²) in [6.45, 7) is 2.91. The zero-order valence-corrected chi connectivity index (χ0v) is 16.3. The van der Waals surface area contributed by atoms with E-state index in [1.54, 1.807) is 0 Å². The molecule has 1 saturated heterocycles. The van der Waals surface area contributed by atoms with Gasteiger partial charge in [0.25, 0.3) is 0 Å².